The van der Waals surface area contributed by atoms with Crippen LogP contribution in [0.5, 0.6) is 0 Å². The molecule has 5 rings (SSSR count). The van der Waals surface area contributed by atoms with Gasteiger partial charge in [-0.1, -0.05) is 13.8 Å². The largest absolute Gasteiger partial charge is 0.355 e. The van der Waals surface area contributed by atoms with Crippen molar-refractivity contribution >= 4 is 0 Å². The molecule has 0 aromatic rings. The maximum absolute atomic E-state index is 6.21. The van der Waals surface area contributed by atoms with E-state index in [0.29, 0.717) is 17.8 Å². The van der Waals surface area contributed by atoms with Crippen molar-refractivity contribution in [3.63, 3.8) is 0 Å². The SMILES string of the molecule is CO[C@H]1O[C@@H]2O[C@@]3(C)CC[C@H]4[C@H](C)CC[C@@H]([C@@H]1C)[C@@]24OO3. The standard InChI is InChI=1S/C16H26O5/c1-9-5-6-12-10(2)13(17-4)18-14-16(12)11(9)7-8-15(3,19-14)20-21-16/h9-14H,5-8H2,1-4H3/t9-,10+,11+,12+,13+,14-,15-,16-/m1/s1. The predicted molar refractivity (Wildman–Crippen MR) is 73.8 cm³/mol. The van der Waals surface area contributed by atoms with Gasteiger partial charge in [0.1, 0.15) is 0 Å². The molecule has 8 atom stereocenters. The van der Waals surface area contributed by atoms with Crippen molar-refractivity contribution < 1.29 is 24.0 Å². The lowest BCUT2D eigenvalue weighted by Crippen LogP contribution is -2.70. The van der Waals surface area contributed by atoms with E-state index in [9.17, 15) is 0 Å². The van der Waals surface area contributed by atoms with Gasteiger partial charge in [0.05, 0.1) is 0 Å². The van der Waals surface area contributed by atoms with Crippen LogP contribution < -0.4 is 0 Å². The molecular weight excluding hydrogens is 272 g/mol. The summed E-state index contributed by atoms with van der Waals surface area (Å²) in [5.41, 5.74) is -0.470. The van der Waals surface area contributed by atoms with E-state index >= 15 is 0 Å². The molecule has 4 heterocycles. The molecular formula is C16H26O5. The van der Waals surface area contributed by atoms with Gasteiger partial charge in [-0.15, -0.1) is 0 Å². The van der Waals surface area contributed by atoms with E-state index in [1.54, 1.807) is 7.11 Å². The molecule has 5 heteroatoms. The molecule has 1 saturated carbocycles. The lowest BCUT2D eigenvalue weighted by Gasteiger charge is -2.60. The Labute approximate surface area is 126 Å². The molecule has 5 aliphatic rings. The number of fused-ring (bicyclic) bond motifs is 2. The molecule has 4 aliphatic heterocycles. The summed E-state index contributed by atoms with van der Waals surface area (Å²) in [4.78, 5) is 11.8. The Kier molecular flexibility index (Phi) is 3.19. The van der Waals surface area contributed by atoms with Gasteiger partial charge in [-0.05, 0) is 38.0 Å². The van der Waals surface area contributed by atoms with Crippen LogP contribution in [-0.2, 0) is 24.0 Å². The fourth-order valence-electron chi connectivity index (χ4n) is 5.14. The number of methoxy groups -OCH3 is 1. The topological polar surface area (TPSA) is 46.2 Å². The maximum Gasteiger partial charge on any atom is 0.201 e. The lowest BCUT2D eigenvalue weighted by molar-refractivity contribution is -0.577. The first-order chi connectivity index (χ1) is 10.00. The van der Waals surface area contributed by atoms with Crippen molar-refractivity contribution in [3.8, 4) is 0 Å². The second-order valence-corrected chi connectivity index (χ2v) is 7.51. The fourth-order valence-corrected chi connectivity index (χ4v) is 5.14. The quantitative estimate of drug-likeness (QED) is 0.697. The van der Waals surface area contributed by atoms with Gasteiger partial charge in [0, 0.05) is 25.4 Å². The minimum atomic E-state index is -0.698. The molecule has 5 nitrogen and oxygen atoms in total. The number of ether oxygens (including phenoxy) is 3. The van der Waals surface area contributed by atoms with Gasteiger partial charge < -0.3 is 14.2 Å². The summed E-state index contributed by atoms with van der Waals surface area (Å²) < 4.78 is 17.9. The summed E-state index contributed by atoms with van der Waals surface area (Å²) in [5, 5.41) is 0. The highest BCUT2D eigenvalue weighted by molar-refractivity contribution is 5.08. The zero-order chi connectivity index (χ0) is 14.8. The van der Waals surface area contributed by atoms with Crippen LogP contribution in [0.3, 0.4) is 0 Å². The highest BCUT2D eigenvalue weighted by atomic mass is 17.3. The molecule has 0 N–H and O–H groups in total. The summed E-state index contributed by atoms with van der Waals surface area (Å²) in [6.07, 6.45) is 3.64. The van der Waals surface area contributed by atoms with E-state index in [1.807, 2.05) is 6.92 Å². The molecule has 1 aliphatic carbocycles. The third-order valence-corrected chi connectivity index (χ3v) is 6.33. The first-order valence-corrected chi connectivity index (χ1v) is 8.23. The van der Waals surface area contributed by atoms with E-state index in [2.05, 4.69) is 13.8 Å². The number of hydrogen-bond donors (Lipinski definition) is 0. The van der Waals surface area contributed by atoms with Crippen molar-refractivity contribution in [2.45, 2.75) is 70.4 Å². The third kappa shape index (κ3) is 1.81. The van der Waals surface area contributed by atoms with E-state index in [-0.39, 0.29) is 12.2 Å². The minimum Gasteiger partial charge on any atom is -0.355 e. The first-order valence-electron chi connectivity index (χ1n) is 8.23. The van der Waals surface area contributed by atoms with Crippen LogP contribution in [0.1, 0.15) is 46.5 Å². The molecule has 0 unspecified atom stereocenters. The Bertz CT molecular complexity index is 429. The van der Waals surface area contributed by atoms with E-state index in [4.69, 9.17) is 24.0 Å². The Morgan fingerprint density at radius 3 is 2.62 bits per heavy atom. The summed E-state index contributed by atoms with van der Waals surface area (Å²) in [5.74, 6) is 0.953. The highest BCUT2D eigenvalue weighted by Gasteiger charge is 2.69. The van der Waals surface area contributed by atoms with Gasteiger partial charge in [-0.3, -0.25) is 0 Å². The van der Waals surface area contributed by atoms with Gasteiger partial charge >= 0.3 is 0 Å². The molecule has 4 saturated heterocycles. The van der Waals surface area contributed by atoms with Crippen LogP contribution >= 0.6 is 0 Å². The summed E-state index contributed by atoms with van der Waals surface area (Å²) in [7, 11) is 1.70. The zero-order valence-corrected chi connectivity index (χ0v) is 13.3. The third-order valence-electron chi connectivity index (χ3n) is 6.33. The van der Waals surface area contributed by atoms with Crippen molar-refractivity contribution in [1.82, 2.24) is 0 Å². The molecule has 1 spiro atoms. The van der Waals surface area contributed by atoms with E-state index < -0.39 is 17.7 Å². The van der Waals surface area contributed by atoms with Crippen LogP contribution in [0, 0.1) is 23.7 Å². The van der Waals surface area contributed by atoms with Gasteiger partial charge in [0.25, 0.3) is 0 Å². The van der Waals surface area contributed by atoms with Crippen LogP contribution in [-0.4, -0.2) is 31.1 Å². The van der Waals surface area contributed by atoms with Crippen LogP contribution in [0.4, 0.5) is 0 Å². The summed E-state index contributed by atoms with van der Waals surface area (Å²) in [6, 6.07) is 0. The highest BCUT2D eigenvalue weighted by Crippen LogP contribution is 2.60. The minimum absolute atomic E-state index is 0.230. The molecule has 0 radical (unpaired) electrons. The molecule has 0 aromatic heterocycles. The zero-order valence-electron chi connectivity index (χ0n) is 13.3. The molecule has 2 bridgehead atoms. The smallest absolute Gasteiger partial charge is 0.201 e. The molecule has 120 valence electrons. The Morgan fingerprint density at radius 2 is 1.86 bits per heavy atom. The molecule has 0 aromatic carbocycles. The second-order valence-electron chi connectivity index (χ2n) is 7.51. The second kappa shape index (κ2) is 4.65. The van der Waals surface area contributed by atoms with Crippen molar-refractivity contribution in [1.29, 1.82) is 0 Å². The van der Waals surface area contributed by atoms with Crippen molar-refractivity contribution in [2.75, 3.05) is 7.11 Å². The summed E-state index contributed by atoms with van der Waals surface area (Å²) in [6.45, 7) is 6.46. The predicted octanol–water partition coefficient (Wildman–Crippen LogP) is 2.84. The number of rotatable bonds is 1. The van der Waals surface area contributed by atoms with Crippen molar-refractivity contribution in [2.24, 2.45) is 23.7 Å². The van der Waals surface area contributed by atoms with Crippen LogP contribution in [0.2, 0.25) is 0 Å². The number of hydrogen-bond acceptors (Lipinski definition) is 5. The molecule has 0 amide bonds. The van der Waals surface area contributed by atoms with E-state index in [0.717, 1.165) is 19.3 Å². The lowest BCUT2D eigenvalue weighted by atomic mass is 9.58. The van der Waals surface area contributed by atoms with Gasteiger partial charge in [0.15, 0.2) is 18.2 Å². The van der Waals surface area contributed by atoms with Crippen LogP contribution in [0.15, 0.2) is 0 Å². The molecule has 21 heavy (non-hydrogen) atoms. The Balaban J connectivity index is 1.79. The fraction of sp³-hybridized carbons (Fsp3) is 1.00. The normalized spacial score (nSPS) is 59.4. The first kappa shape index (κ1) is 14.4. The van der Waals surface area contributed by atoms with Gasteiger partial charge in [-0.2, -0.15) is 0 Å². The van der Waals surface area contributed by atoms with Gasteiger partial charge in [0.2, 0.25) is 5.79 Å². The average Bonchev–Trinajstić information content (AvgIpc) is 2.69. The maximum atomic E-state index is 6.21. The average molecular weight is 298 g/mol. The van der Waals surface area contributed by atoms with Gasteiger partial charge in [-0.25, -0.2) is 9.78 Å². The Hall–Kier alpha value is -0.200. The Morgan fingerprint density at radius 1 is 1.05 bits per heavy atom. The van der Waals surface area contributed by atoms with Crippen LogP contribution in [0.25, 0.3) is 0 Å². The van der Waals surface area contributed by atoms with E-state index in [1.165, 1.54) is 6.42 Å². The van der Waals surface area contributed by atoms with Crippen molar-refractivity contribution in [3.05, 3.63) is 0 Å². The summed E-state index contributed by atoms with van der Waals surface area (Å²) >= 11 is 0. The monoisotopic (exact) mass is 298 g/mol. The molecule has 5 fully saturated rings.